The molecule has 152 valence electrons. The molecular formula is C25H23NO3S. The van der Waals surface area contributed by atoms with Gasteiger partial charge in [0, 0.05) is 23.8 Å². The monoisotopic (exact) mass is 417 g/mol. The van der Waals surface area contributed by atoms with Crippen molar-refractivity contribution in [3.8, 4) is 22.6 Å². The molecule has 0 saturated heterocycles. The number of hydrogen-bond acceptors (Lipinski definition) is 4. The number of sulfone groups is 1. The average molecular weight is 418 g/mol. The molecule has 0 amide bonds. The Labute approximate surface area is 177 Å². The molecule has 0 N–H and O–H groups in total. The summed E-state index contributed by atoms with van der Waals surface area (Å²) in [6.07, 6.45) is 1.79. The molecular weight excluding hydrogens is 394 g/mol. The van der Waals surface area contributed by atoms with Gasteiger partial charge in [0.05, 0.1) is 4.90 Å². The lowest BCUT2D eigenvalue weighted by molar-refractivity contribution is 0.519. The van der Waals surface area contributed by atoms with E-state index >= 15 is 0 Å². The Morgan fingerprint density at radius 3 is 2.23 bits per heavy atom. The molecule has 0 saturated carbocycles. The largest absolute Gasteiger partial charge is 0.440 e. The van der Waals surface area contributed by atoms with Gasteiger partial charge in [-0.1, -0.05) is 66.2 Å². The van der Waals surface area contributed by atoms with E-state index in [0.29, 0.717) is 23.8 Å². The van der Waals surface area contributed by atoms with E-state index < -0.39 is 9.84 Å². The zero-order valence-electron chi connectivity index (χ0n) is 17.2. The maximum atomic E-state index is 11.8. The van der Waals surface area contributed by atoms with E-state index in [1.807, 2.05) is 36.4 Å². The van der Waals surface area contributed by atoms with E-state index in [2.05, 4.69) is 26.0 Å². The van der Waals surface area contributed by atoms with Crippen molar-refractivity contribution in [3.05, 3.63) is 95.4 Å². The van der Waals surface area contributed by atoms with Crippen molar-refractivity contribution in [3.63, 3.8) is 0 Å². The normalized spacial score (nSPS) is 11.6. The number of benzene rings is 3. The molecule has 0 aliphatic heterocycles. The molecule has 0 aliphatic rings. The lowest BCUT2D eigenvalue weighted by Gasteiger charge is -2.07. The fourth-order valence-corrected chi connectivity index (χ4v) is 4.15. The highest BCUT2D eigenvalue weighted by molar-refractivity contribution is 7.90. The first-order valence-corrected chi connectivity index (χ1v) is 11.6. The van der Waals surface area contributed by atoms with Crippen molar-refractivity contribution < 1.29 is 12.8 Å². The Bertz CT molecular complexity index is 1290. The zero-order chi connectivity index (χ0) is 21.3. The van der Waals surface area contributed by atoms with Gasteiger partial charge < -0.3 is 4.42 Å². The van der Waals surface area contributed by atoms with E-state index in [1.54, 1.807) is 24.3 Å². The highest BCUT2D eigenvalue weighted by atomic mass is 32.2. The summed E-state index contributed by atoms with van der Waals surface area (Å²) in [5.41, 5.74) is 5.92. The summed E-state index contributed by atoms with van der Waals surface area (Å²) < 4.78 is 29.9. The SMILES string of the molecule is Cc1ccc(-c2oc(Cc3ccccc3)nc2-c2ccc(S(C)(=O)=O)cc2)c(C)c1. The first-order chi connectivity index (χ1) is 14.3. The van der Waals surface area contributed by atoms with Gasteiger partial charge in [0.2, 0.25) is 0 Å². The topological polar surface area (TPSA) is 60.2 Å². The number of aryl methyl sites for hydroxylation is 2. The summed E-state index contributed by atoms with van der Waals surface area (Å²) in [7, 11) is -3.25. The van der Waals surface area contributed by atoms with Crippen LogP contribution in [0, 0.1) is 13.8 Å². The van der Waals surface area contributed by atoms with Crippen molar-refractivity contribution in [1.82, 2.24) is 4.98 Å². The molecule has 1 aromatic heterocycles. The van der Waals surface area contributed by atoms with Gasteiger partial charge >= 0.3 is 0 Å². The second kappa shape index (κ2) is 7.92. The van der Waals surface area contributed by atoms with Crippen molar-refractivity contribution in [2.24, 2.45) is 0 Å². The highest BCUT2D eigenvalue weighted by Gasteiger charge is 2.19. The van der Waals surface area contributed by atoms with Crippen LogP contribution in [0.15, 0.2) is 82.1 Å². The molecule has 4 aromatic rings. The lowest BCUT2D eigenvalue weighted by Crippen LogP contribution is -1.96. The number of nitrogens with zero attached hydrogens (tertiary/aromatic N) is 1. The number of aromatic nitrogens is 1. The summed E-state index contributed by atoms with van der Waals surface area (Å²) in [6, 6.07) is 23.1. The van der Waals surface area contributed by atoms with Gasteiger partial charge in [-0.25, -0.2) is 13.4 Å². The quantitative estimate of drug-likeness (QED) is 0.423. The van der Waals surface area contributed by atoms with Crippen LogP contribution in [0.25, 0.3) is 22.6 Å². The summed E-state index contributed by atoms with van der Waals surface area (Å²) in [5.74, 6) is 1.32. The van der Waals surface area contributed by atoms with Crippen LogP contribution >= 0.6 is 0 Å². The van der Waals surface area contributed by atoms with E-state index in [-0.39, 0.29) is 4.90 Å². The van der Waals surface area contributed by atoms with Crippen LogP contribution in [0.5, 0.6) is 0 Å². The Morgan fingerprint density at radius 1 is 0.900 bits per heavy atom. The zero-order valence-corrected chi connectivity index (χ0v) is 18.0. The minimum absolute atomic E-state index is 0.285. The molecule has 4 nitrogen and oxygen atoms in total. The molecule has 30 heavy (non-hydrogen) atoms. The van der Waals surface area contributed by atoms with Gasteiger partial charge in [0.1, 0.15) is 5.69 Å². The third-order valence-electron chi connectivity index (χ3n) is 5.05. The molecule has 0 aliphatic carbocycles. The van der Waals surface area contributed by atoms with Gasteiger partial charge in [0.15, 0.2) is 21.5 Å². The standard InChI is InChI=1S/C25H23NO3S/c1-17-9-14-22(18(2)15-17)25-24(20-10-12-21(13-11-20)30(3,27)28)26-23(29-25)16-19-7-5-4-6-8-19/h4-15H,16H2,1-3H3. The first-order valence-electron chi connectivity index (χ1n) is 9.73. The second-order valence-corrected chi connectivity index (χ2v) is 9.58. The third kappa shape index (κ3) is 4.21. The number of rotatable bonds is 5. The summed E-state index contributed by atoms with van der Waals surface area (Å²) in [6.45, 7) is 4.11. The summed E-state index contributed by atoms with van der Waals surface area (Å²) in [4.78, 5) is 5.08. The Morgan fingerprint density at radius 2 is 1.60 bits per heavy atom. The van der Waals surface area contributed by atoms with Gasteiger partial charge in [0.25, 0.3) is 0 Å². The van der Waals surface area contributed by atoms with Crippen LogP contribution < -0.4 is 0 Å². The van der Waals surface area contributed by atoms with Crippen molar-refractivity contribution >= 4 is 9.84 Å². The molecule has 0 bridgehead atoms. The first kappa shape index (κ1) is 20.1. The molecule has 0 unspecified atom stereocenters. The summed E-state index contributed by atoms with van der Waals surface area (Å²) in [5, 5.41) is 0. The molecule has 4 rings (SSSR count). The Hall–Kier alpha value is -3.18. The van der Waals surface area contributed by atoms with Gasteiger partial charge in [-0.3, -0.25) is 0 Å². The fourth-order valence-electron chi connectivity index (χ4n) is 3.52. The predicted octanol–water partition coefficient (Wildman–Crippen LogP) is 5.62. The third-order valence-corrected chi connectivity index (χ3v) is 6.18. The van der Waals surface area contributed by atoms with Gasteiger partial charge in [-0.15, -0.1) is 0 Å². The Kier molecular flexibility index (Phi) is 5.31. The molecule has 1 heterocycles. The van der Waals surface area contributed by atoms with Crippen molar-refractivity contribution in [2.45, 2.75) is 25.2 Å². The van der Waals surface area contributed by atoms with Crippen molar-refractivity contribution in [1.29, 1.82) is 0 Å². The Balaban J connectivity index is 1.83. The maximum absolute atomic E-state index is 11.8. The molecule has 5 heteroatoms. The summed E-state index contributed by atoms with van der Waals surface area (Å²) >= 11 is 0. The smallest absolute Gasteiger partial charge is 0.199 e. The molecule has 0 atom stereocenters. The van der Waals surface area contributed by atoms with Crippen molar-refractivity contribution in [2.75, 3.05) is 6.26 Å². The highest BCUT2D eigenvalue weighted by Crippen LogP contribution is 2.35. The maximum Gasteiger partial charge on any atom is 0.199 e. The van der Waals surface area contributed by atoms with Crippen LogP contribution in [0.3, 0.4) is 0 Å². The number of hydrogen-bond donors (Lipinski definition) is 0. The van der Waals surface area contributed by atoms with Crippen LogP contribution in [-0.2, 0) is 16.3 Å². The second-order valence-electron chi connectivity index (χ2n) is 7.56. The average Bonchev–Trinajstić information content (AvgIpc) is 3.11. The van der Waals surface area contributed by atoms with E-state index in [4.69, 9.17) is 9.40 Å². The van der Waals surface area contributed by atoms with Crippen LogP contribution in [0.2, 0.25) is 0 Å². The molecule has 3 aromatic carbocycles. The van der Waals surface area contributed by atoms with Crippen LogP contribution in [-0.4, -0.2) is 19.7 Å². The van der Waals surface area contributed by atoms with Crippen LogP contribution in [0.4, 0.5) is 0 Å². The van der Waals surface area contributed by atoms with E-state index in [9.17, 15) is 8.42 Å². The van der Waals surface area contributed by atoms with Gasteiger partial charge in [-0.2, -0.15) is 0 Å². The molecule has 0 radical (unpaired) electrons. The predicted molar refractivity (Wildman–Crippen MR) is 119 cm³/mol. The number of oxazole rings is 1. The molecule has 0 spiro atoms. The minimum atomic E-state index is -3.25. The van der Waals surface area contributed by atoms with Gasteiger partial charge in [-0.05, 0) is 37.1 Å². The lowest BCUT2D eigenvalue weighted by atomic mass is 10.0. The minimum Gasteiger partial charge on any atom is -0.440 e. The fraction of sp³-hybridized carbons (Fsp3) is 0.160. The molecule has 0 fully saturated rings. The van der Waals surface area contributed by atoms with E-state index in [1.165, 1.54) is 11.8 Å². The van der Waals surface area contributed by atoms with Crippen LogP contribution in [0.1, 0.15) is 22.6 Å². The van der Waals surface area contributed by atoms with E-state index in [0.717, 1.165) is 22.3 Å².